The van der Waals surface area contributed by atoms with Crippen molar-refractivity contribution in [3.63, 3.8) is 0 Å². The van der Waals surface area contributed by atoms with E-state index in [9.17, 15) is 4.79 Å². The van der Waals surface area contributed by atoms with E-state index in [2.05, 4.69) is 6.92 Å². The van der Waals surface area contributed by atoms with Crippen LogP contribution in [-0.2, 0) is 6.42 Å². The number of rotatable bonds is 5. The third-order valence-electron chi connectivity index (χ3n) is 3.26. The standard InChI is InChI=1S/C17H19NO2/c1-3-4-12-5-7-13(8-6-12)17(19)15-10-9-14(20-2)11-16(15)18/h5-11H,3-4,18H2,1-2H3. The summed E-state index contributed by atoms with van der Waals surface area (Å²) in [5, 5.41) is 0. The Hall–Kier alpha value is -2.29. The van der Waals surface area contributed by atoms with E-state index in [4.69, 9.17) is 10.5 Å². The highest BCUT2D eigenvalue weighted by Crippen LogP contribution is 2.22. The number of nitrogen functional groups attached to an aromatic ring is 1. The zero-order chi connectivity index (χ0) is 14.5. The Labute approximate surface area is 119 Å². The van der Waals surface area contributed by atoms with Gasteiger partial charge in [0.15, 0.2) is 5.78 Å². The molecule has 0 fully saturated rings. The first-order chi connectivity index (χ1) is 9.65. The van der Waals surface area contributed by atoms with Crippen LogP contribution >= 0.6 is 0 Å². The number of aryl methyl sites for hydroxylation is 1. The van der Waals surface area contributed by atoms with Crippen molar-refractivity contribution < 1.29 is 9.53 Å². The summed E-state index contributed by atoms with van der Waals surface area (Å²) in [6.45, 7) is 2.14. The van der Waals surface area contributed by atoms with Crippen LogP contribution in [-0.4, -0.2) is 12.9 Å². The van der Waals surface area contributed by atoms with Crippen molar-refractivity contribution in [3.05, 3.63) is 59.2 Å². The zero-order valence-electron chi connectivity index (χ0n) is 11.8. The molecule has 2 aromatic rings. The number of hydrogen-bond donors (Lipinski definition) is 1. The molecule has 0 atom stereocenters. The fraction of sp³-hybridized carbons (Fsp3) is 0.235. The van der Waals surface area contributed by atoms with Gasteiger partial charge < -0.3 is 10.5 Å². The molecule has 0 aliphatic rings. The number of anilines is 1. The fourth-order valence-electron chi connectivity index (χ4n) is 2.14. The van der Waals surface area contributed by atoms with E-state index < -0.39 is 0 Å². The predicted molar refractivity (Wildman–Crippen MR) is 81.3 cm³/mol. The second-order valence-corrected chi connectivity index (χ2v) is 4.73. The van der Waals surface area contributed by atoms with E-state index in [1.54, 1.807) is 25.3 Å². The van der Waals surface area contributed by atoms with E-state index in [0.29, 0.717) is 22.6 Å². The number of ketones is 1. The minimum Gasteiger partial charge on any atom is -0.497 e. The summed E-state index contributed by atoms with van der Waals surface area (Å²) in [5.41, 5.74) is 8.75. The van der Waals surface area contributed by atoms with Crippen molar-refractivity contribution in [2.45, 2.75) is 19.8 Å². The Balaban J connectivity index is 2.26. The molecule has 104 valence electrons. The molecule has 0 heterocycles. The van der Waals surface area contributed by atoms with Crippen molar-refractivity contribution in [2.24, 2.45) is 0 Å². The van der Waals surface area contributed by atoms with Crippen LogP contribution in [0.25, 0.3) is 0 Å². The molecule has 2 aromatic carbocycles. The highest BCUT2D eigenvalue weighted by molar-refractivity contribution is 6.12. The van der Waals surface area contributed by atoms with Gasteiger partial charge in [0.1, 0.15) is 5.75 Å². The Morgan fingerprint density at radius 2 is 1.85 bits per heavy atom. The molecule has 0 aliphatic heterocycles. The first-order valence-corrected chi connectivity index (χ1v) is 6.73. The predicted octanol–water partition coefficient (Wildman–Crippen LogP) is 3.46. The quantitative estimate of drug-likeness (QED) is 0.668. The van der Waals surface area contributed by atoms with Crippen molar-refractivity contribution in [1.82, 2.24) is 0 Å². The summed E-state index contributed by atoms with van der Waals surface area (Å²) in [5.74, 6) is 0.588. The lowest BCUT2D eigenvalue weighted by atomic mass is 9.99. The van der Waals surface area contributed by atoms with Gasteiger partial charge in [-0.2, -0.15) is 0 Å². The molecular formula is C17H19NO2. The molecule has 3 heteroatoms. The van der Waals surface area contributed by atoms with Gasteiger partial charge in [-0.05, 0) is 24.1 Å². The van der Waals surface area contributed by atoms with Gasteiger partial charge in [0, 0.05) is 22.9 Å². The smallest absolute Gasteiger partial charge is 0.195 e. The third kappa shape index (κ3) is 2.99. The average Bonchev–Trinajstić information content (AvgIpc) is 2.47. The second-order valence-electron chi connectivity index (χ2n) is 4.73. The maximum atomic E-state index is 12.4. The molecule has 3 nitrogen and oxygen atoms in total. The second kappa shape index (κ2) is 6.24. The van der Waals surface area contributed by atoms with E-state index in [1.807, 2.05) is 24.3 Å². The van der Waals surface area contributed by atoms with Crippen LogP contribution in [0.15, 0.2) is 42.5 Å². The number of methoxy groups -OCH3 is 1. The monoisotopic (exact) mass is 269 g/mol. The number of hydrogen-bond acceptors (Lipinski definition) is 3. The van der Waals surface area contributed by atoms with Gasteiger partial charge in [-0.15, -0.1) is 0 Å². The normalized spacial score (nSPS) is 10.3. The maximum absolute atomic E-state index is 12.4. The molecule has 0 aromatic heterocycles. The zero-order valence-corrected chi connectivity index (χ0v) is 11.8. The minimum absolute atomic E-state index is 0.0619. The van der Waals surface area contributed by atoms with Gasteiger partial charge >= 0.3 is 0 Å². The summed E-state index contributed by atoms with van der Waals surface area (Å²) in [6.07, 6.45) is 2.12. The van der Waals surface area contributed by atoms with Gasteiger partial charge in [-0.1, -0.05) is 37.6 Å². The number of carbonyl (C=O) groups is 1. The van der Waals surface area contributed by atoms with Crippen LogP contribution in [0.1, 0.15) is 34.8 Å². The van der Waals surface area contributed by atoms with Crippen molar-refractivity contribution in [2.75, 3.05) is 12.8 Å². The van der Waals surface area contributed by atoms with Crippen LogP contribution in [0, 0.1) is 0 Å². The summed E-state index contributed by atoms with van der Waals surface area (Å²) in [6, 6.07) is 12.8. The van der Waals surface area contributed by atoms with E-state index in [-0.39, 0.29) is 5.78 Å². The number of carbonyl (C=O) groups excluding carboxylic acids is 1. The molecule has 2 N–H and O–H groups in total. The first kappa shape index (κ1) is 14.1. The number of nitrogens with two attached hydrogens (primary N) is 1. The van der Waals surface area contributed by atoms with Crippen LogP contribution < -0.4 is 10.5 Å². The van der Waals surface area contributed by atoms with Crippen LogP contribution in [0.5, 0.6) is 5.75 Å². The SMILES string of the molecule is CCCc1ccc(C(=O)c2ccc(OC)cc2N)cc1. The topological polar surface area (TPSA) is 52.3 Å². The Kier molecular flexibility index (Phi) is 4.41. The van der Waals surface area contributed by atoms with E-state index in [1.165, 1.54) is 5.56 Å². The van der Waals surface area contributed by atoms with Crippen molar-refractivity contribution in [3.8, 4) is 5.75 Å². The number of ether oxygens (including phenoxy) is 1. The van der Waals surface area contributed by atoms with Gasteiger partial charge in [0.05, 0.1) is 7.11 Å². The van der Waals surface area contributed by atoms with Crippen molar-refractivity contribution in [1.29, 1.82) is 0 Å². The molecule has 0 radical (unpaired) electrons. The van der Waals surface area contributed by atoms with E-state index >= 15 is 0 Å². The largest absolute Gasteiger partial charge is 0.497 e. The first-order valence-electron chi connectivity index (χ1n) is 6.73. The molecule has 20 heavy (non-hydrogen) atoms. The lowest BCUT2D eigenvalue weighted by Crippen LogP contribution is -2.05. The summed E-state index contributed by atoms with van der Waals surface area (Å²) >= 11 is 0. The van der Waals surface area contributed by atoms with Gasteiger partial charge in [0.2, 0.25) is 0 Å². The molecule has 0 saturated heterocycles. The minimum atomic E-state index is -0.0619. The molecule has 0 unspecified atom stereocenters. The highest BCUT2D eigenvalue weighted by Gasteiger charge is 2.12. The Morgan fingerprint density at radius 1 is 1.15 bits per heavy atom. The van der Waals surface area contributed by atoms with Crippen LogP contribution in [0.3, 0.4) is 0 Å². The lowest BCUT2D eigenvalue weighted by molar-refractivity contribution is 0.103. The summed E-state index contributed by atoms with van der Waals surface area (Å²) in [4.78, 5) is 12.4. The summed E-state index contributed by atoms with van der Waals surface area (Å²) < 4.78 is 5.09. The average molecular weight is 269 g/mol. The highest BCUT2D eigenvalue weighted by atomic mass is 16.5. The number of benzene rings is 2. The molecular weight excluding hydrogens is 250 g/mol. The Morgan fingerprint density at radius 3 is 2.40 bits per heavy atom. The Bertz CT molecular complexity index is 603. The van der Waals surface area contributed by atoms with Crippen LogP contribution in [0.2, 0.25) is 0 Å². The molecule has 0 bridgehead atoms. The molecule has 0 aliphatic carbocycles. The van der Waals surface area contributed by atoms with Crippen molar-refractivity contribution >= 4 is 11.5 Å². The van der Waals surface area contributed by atoms with E-state index in [0.717, 1.165) is 12.8 Å². The van der Waals surface area contributed by atoms with Gasteiger partial charge in [0.25, 0.3) is 0 Å². The molecule has 2 rings (SSSR count). The fourth-order valence-corrected chi connectivity index (χ4v) is 2.14. The molecule has 0 spiro atoms. The van der Waals surface area contributed by atoms with Gasteiger partial charge in [-0.3, -0.25) is 4.79 Å². The lowest BCUT2D eigenvalue weighted by Gasteiger charge is -2.08. The molecule has 0 saturated carbocycles. The summed E-state index contributed by atoms with van der Waals surface area (Å²) in [7, 11) is 1.57. The van der Waals surface area contributed by atoms with Crippen LogP contribution in [0.4, 0.5) is 5.69 Å². The molecule has 0 amide bonds. The third-order valence-corrected chi connectivity index (χ3v) is 3.26. The maximum Gasteiger partial charge on any atom is 0.195 e. The van der Waals surface area contributed by atoms with Gasteiger partial charge in [-0.25, -0.2) is 0 Å².